The number of imide groups is 1. The highest BCUT2D eigenvalue weighted by atomic mass is 32.2. The van der Waals surface area contributed by atoms with Gasteiger partial charge in [0.1, 0.15) is 12.4 Å². The van der Waals surface area contributed by atoms with Crippen molar-refractivity contribution in [1.29, 1.82) is 0 Å². The van der Waals surface area contributed by atoms with Crippen molar-refractivity contribution in [3.63, 3.8) is 0 Å². The van der Waals surface area contributed by atoms with Gasteiger partial charge in [-0.2, -0.15) is 0 Å². The molecule has 3 aromatic rings. The number of nitrogens with zero attached hydrogens (tertiary/aromatic N) is 1. The third-order valence-corrected chi connectivity index (χ3v) is 5.77. The van der Waals surface area contributed by atoms with E-state index in [4.69, 9.17) is 19.0 Å². The fourth-order valence-electron chi connectivity index (χ4n) is 3.27. The first kappa shape index (κ1) is 23.2. The van der Waals surface area contributed by atoms with E-state index in [1.165, 1.54) is 17.0 Å². The van der Waals surface area contributed by atoms with Gasteiger partial charge in [0.25, 0.3) is 11.1 Å². The SMILES string of the molecule is CCOc1cc(C=C2SC(=O)N(Cc3ccccc3)C2=O)ccc1OCc1ccc(C(=O)O)o1. The molecule has 1 fully saturated rings. The van der Waals surface area contributed by atoms with E-state index in [-0.39, 0.29) is 30.1 Å². The standard InChI is InChI=1S/C25H21NO7S/c1-2-31-21-12-17(8-10-19(21)32-15-18-9-11-20(33-18)24(28)29)13-22-23(27)26(25(30)34-22)14-16-6-4-3-5-7-16/h3-13H,2,14-15H2,1H3,(H,28,29). The maximum Gasteiger partial charge on any atom is 0.371 e. The molecule has 9 heteroatoms. The van der Waals surface area contributed by atoms with Gasteiger partial charge in [0.05, 0.1) is 18.1 Å². The number of benzene rings is 2. The van der Waals surface area contributed by atoms with E-state index >= 15 is 0 Å². The first-order valence-electron chi connectivity index (χ1n) is 10.5. The summed E-state index contributed by atoms with van der Waals surface area (Å²) in [7, 11) is 0. The van der Waals surface area contributed by atoms with Crippen molar-refractivity contribution in [2.24, 2.45) is 0 Å². The number of rotatable bonds is 9. The minimum atomic E-state index is -1.15. The summed E-state index contributed by atoms with van der Waals surface area (Å²) in [6.45, 7) is 2.45. The van der Waals surface area contributed by atoms with E-state index in [1.807, 2.05) is 37.3 Å². The van der Waals surface area contributed by atoms with Crippen LogP contribution >= 0.6 is 11.8 Å². The average molecular weight is 480 g/mol. The summed E-state index contributed by atoms with van der Waals surface area (Å²) in [5.74, 6) is -0.423. The summed E-state index contributed by atoms with van der Waals surface area (Å²) in [5.41, 5.74) is 1.55. The zero-order valence-corrected chi connectivity index (χ0v) is 19.0. The molecule has 1 aliphatic heterocycles. The van der Waals surface area contributed by atoms with Crippen molar-refractivity contribution in [2.75, 3.05) is 6.61 Å². The zero-order valence-electron chi connectivity index (χ0n) is 18.2. The Morgan fingerprint density at radius 2 is 1.85 bits per heavy atom. The lowest BCUT2D eigenvalue weighted by molar-refractivity contribution is -0.123. The molecule has 34 heavy (non-hydrogen) atoms. The molecule has 1 saturated heterocycles. The highest BCUT2D eigenvalue weighted by Crippen LogP contribution is 2.35. The molecule has 0 unspecified atom stereocenters. The molecule has 0 bridgehead atoms. The number of aromatic carboxylic acids is 1. The van der Waals surface area contributed by atoms with Crippen LogP contribution in [-0.2, 0) is 17.9 Å². The van der Waals surface area contributed by atoms with Crippen molar-refractivity contribution >= 4 is 35.0 Å². The van der Waals surface area contributed by atoms with Crippen LogP contribution in [0.5, 0.6) is 11.5 Å². The van der Waals surface area contributed by atoms with E-state index in [0.717, 1.165) is 17.3 Å². The number of ether oxygens (including phenoxy) is 2. The van der Waals surface area contributed by atoms with Crippen LogP contribution in [0.2, 0.25) is 0 Å². The molecule has 0 saturated carbocycles. The number of carbonyl (C=O) groups excluding carboxylic acids is 2. The fourth-order valence-corrected chi connectivity index (χ4v) is 4.11. The Labute approximate surface area is 199 Å². The van der Waals surface area contributed by atoms with Gasteiger partial charge < -0.3 is 19.0 Å². The van der Waals surface area contributed by atoms with Crippen LogP contribution in [0, 0.1) is 0 Å². The molecule has 0 aliphatic carbocycles. The smallest absolute Gasteiger partial charge is 0.371 e. The van der Waals surface area contributed by atoms with E-state index in [9.17, 15) is 14.4 Å². The van der Waals surface area contributed by atoms with Crippen molar-refractivity contribution in [1.82, 2.24) is 4.90 Å². The second kappa shape index (κ2) is 10.3. The van der Waals surface area contributed by atoms with Gasteiger partial charge in [0.2, 0.25) is 5.76 Å². The van der Waals surface area contributed by atoms with Crippen molar-refractivity contribution in [2.45, 2.75) is 20.1 Å². The number of furan rings is 1. The lowest BCUT2D eigenvalue weighted by atomic mass is 10.1. The van der Waals surface area contributed by atoms with Crippen LogP contribution in [0.1, 0.15) is 34.4 Å². The number of carboxylic acid groups (broad SMARTS) is 1. The summed E-state index contributed by atoms with van der Waals surface area (Å²) in [6, 6.07) is 17.4. The van der Waals surface area contributed by atoms with E-state index in [2.05, 4.69) is 0 Å². The van der Waals surface area contributed by atoms with Gasteiger partial charge in [-0.15, -0.1) is 0 Å². The number of hydrogen-bond donors (Lipinski definition) is 1. The second-order valence-corrected chi connectivity index (χ2v) is 8.25. The quantitative estimate of drug-likeness (QED) is 0.418. The number of carbonyl (C=O) groups is 3. The molecule has 0 atom stereocenters. The molecule has 2 aromatic carbocycles. The number of thioether (sulfide) groups is 1. The molecule has 1 N–H and O–H groups in total. The minimum absolute atomic E-state index is 0.0189. The Balaban J connectivity index is 1.49. The molecule has 2 amide bonds. The highest BCUT2D eigenvalue weighted by Gasteiger charge is 2.35. The monoisotopic (exact) mass is 479 g/mol. The summed E-state index contributed by atoms with van der Waals surface area (Å²) in [5, 5.41) is 8.65. The van der Waals surface area contributed by atoms with Crippen LogP contribution < -0.4 is 9.47 Å². The Kier molecular flexibility index (Phi) is 7.03. The van der Waals surface area contributed by atoms with Crippen molar-refractivity contribution < 1.29 is 33.4 Å². The third kappa shape index (κ3) is 5.32. The molecule has 0 spiro atoms. The molecule has 1 aliphatic rings. The van der Waals surface area contributed by atoms with Gasteiger partial charge in [-0.25, -0.2) is 4.79 Å². The third-order valence-electron chi connectivity index (χ3n) is 4.86. The topological polar surface area (TPSA) is 106 Å². The predicted octanol–water partition coefficient (Wildman–Crippen LogP) is 5.19. The van der Waals surface area contributed by atoms with Crippen LogP contribution in [-0.4, -0.2) is 33.7 Å². The average Bonchev–Trinajstić information content (AvgIpc) is 3.40. The van der Waals surface area contributed by atoms with Gasteiger partial charge in [-0.1, -0.05) is 36.4 Å². The molecule has 1 aromatic heterocycles. The fraction of sp³-hybridized carbons (Fsp3) is 0.160. The van der Waals surface area contributed by atoms with Gasteiger partial charge >= 0.3 is 5.97 Å². The van der Waals surface area contributed by atoms with Gasteiger partial charge in [-0.3, -0.25) is 14.5 Å². The first-order valence-corrected chi connectivity index (χ1v) is 11.3. The van der Waals surface area contributed by atoms with Crippen LogP contribution in [0.15, 0.2) is 70.0 Å². The predicted molar refractivity (Wildman–Crippen MR) is 126 cm³/mol. The second-order valence-electron chi connectivity index (χ2n) is 7.25. The first-order chi connectivity index (χ1) is 16.4. The number of amides is 2. The molecule has 4 rings (SSSR count). The molecule has 174 valence electrons. The Morgan fingerprint density at radius 1 is 1.06 bits per heavy atom. The largest absolute Gasteiger partial charge is 0.490 e. The molecule has 0 radical (unpaired) electrons. The summed E-state index contributed by atoms with van der Waals surface area (Å²) in [6.07, 6.45) is 1.65. The van der Waals surface area contributed by atoms with Gasteiger partial charge in [-0.05, 0) is 60.2 Å². The number of carboxylic acids is 1. The molecule has 2 heterocycles. The van der Waals surface area contributed by atoms with E-state index in [1.54, 1.807) is 24.3 Å². The lowest BCUT2D eigenvalue weighted by Crippen LogP contribution is -2.27. The van der Waals surface area contributed by atoms with Crippen molar-refractivity contribution in [3.05, 3.63) is 88.2 Å². The molecular formula is C25H21NO7S. The normalized spacial score (nSPS) is 14.6. The minimum Gasteiger partial charge on any atom is -0.490 e. The van der Waals surface area contributed by atoms with Gasteiger partial charge in [0, 0.05) is 0 Å². The highest BCUT2D eigenvalue weighted by molar-refractivity contribution is 8.18. The van der Waals surface area contributed by atoms with E-state index < -0.39 is 5.97 Å². The van der Waals surface area contributed by atoms with Gasteiger partial charge in [0.15, 0.2) is 11.5 Å². The van der Waals surface area contributed by atoms with Crippen LogP contribution in [0.3, 0.4) is 0 Å². The van der Waals surface area contributed by atoms with Crippen molar-refractivity contribution in [3.8, 4) is 11.5 Å². The zero-order chi connectivity index (χ0) is 24.1. The molecule has 8 nitrogen and oxygen atoms in total. The summed E-state index contributed by atoms with van der Waals surface area (Å²) < 4.78 is 16.6. The van der Waals surface area contributed by atoms with Crippen LogP contribution in [0.4, 0.5) is 4.79 Å². The molecular weight excluding hydrogens is 458 g/mol. The maximum atomic E-state index is 12.8. The Morgan fingerprint density at radius 3 is 2.56 bits per heavy atom. The Hall–Kier alpha value is -3.98. The summed E-state index contributed by atoms with van der Waals surface area (Å²) >= 11 is 0.898. The van der Waals surface area contributed by atoms with E-state index in [0.29, 0.717) is 34.3 Å². The Bertz CT molecular complexity index is 1250. The number of hydrogen-bond acceptors (Lipinski definition) is 7. The van der Waals surface area contributed by atoms with Crippen LogP contribution in [0.25, 0.3) is 6.08 Å². The lowest BCUT2D eigenvalue weighted by Gasteiger charge is -2.12. The maximum absolute atomic E-state index is 12.8. The summed E-state index contributed by atoms with van der Waals surface area (Å²) in [4.78, 5) is 37.7.